The highest BCUT2D eigenvalue weighted by atomic mass is 35.5. The van der Waals surface area contributed by atoms with Gasteiger partial charge in [0.25, 0.3) is 5.56 Å². The summed E-state index contributed by atoms with van der Waals surface area (Å²) >= 11 is 6.93. The van der Waals surface area contributed by atoms with Gasteiger partial charge in [0, 0.05) is 11.9 Å². The van der Waals surface area contributed by atoms with Crippen molar-refractivity contribution in [3.05, 3.63) is 61.7 Å². The quantitative estimate of drug-likeness (QED) is 0.475. The highest BCUT2D eigenvalue weighted by molar-refractivity contribution is 7.18. The topological polar surface area (TPSA) is 78.3 Å². The summed E-state index contributed by atoms with van der Waals surface area (Å²) in [5.41, 5.74) is -0.242. The van der Waals surface area contributed by atoms with Crippen molar-refractivity contribution < 1.29 is 14.3 Å². The minimum Gasteiger partial charge on any atom is -0.452 e. The number of rotatable bonds is 6. The lowest BCUT2D eigenvalue weighted by Gasteiger charge is -2.10. The first-order valence-corrected chi connectivity index (χ1v) is 9.16. The molecule has 3 rings (SSSR count). The molecule has 0 saturated carbocycles. The van der Waals surface area contributed by atoms with Gasteiger partial charge in [-0.15, -0.1) is 11.3 Å². The predicted molar refractivity (Wildman–Crippen MR) is 100 cm³/mol. The van der Waals surface area contributed by atoms with E-state index in [0.29, 0.717) is 33.0 Å². The molecule has 0 fully saturated rings. The van der Waals surface area contributed by atoms with E-state index in [4.69, 9.17) is 16.3 Å². The monoisotopic (exact) mass is 390 g/mol. The van der Waals surface area contributed by atoms with Gasteiger partial charge in [-0.25, -0.2) is 9.48 Å². The molecular weight excluding hydrogens is 376 g/mol. The number of thiophene rings is 1. The van der Waals surface area contributed by atoms with Crippen molar-refractivity contribution in [2.45, 2.75) is 19.9 Å². The molecule has 0 spiro atoms. The number of ketones is 1. The van der Waals surface area contributed by atoms with E-state index in [9.17, 15) is 14.4 Å². The van der Waals surface area contributed by atoms with E-state index >= 15 is 0 Å². The minimum absolute atomic E-state index is 0.0191. The fourth-order valence-electron chi connectivity index (χ4n) is 2.48. The second-order valence-electron chi connectivity index (χ2n) is 5.53. The Morgan fingerprint density at radius 2 is 1.92 bits per heavy atom. The Morgan fingerprint density at radius 1 is 1.19 bits per heavy atom. The number of aryl methyl sites for hydroxylation is 1. The lowest BCUT2D eigenvalue weighted by atomic mass is 10.1. The van der Waals surface area contributed by atoms with Crippen molar-refractivity contribution in [1.29, 1.82) is 0 Å². The third-order valence-corrected chi connectivity index (χ3v) is 4.95. The second-order valence-corrected chi connectivity index (χ2v) is 7.24. The first-order chi connectivity index (χ1) is 12.5. The van der Waals surface area contributed by atoms with Crippen molar-refractivity contribution in [1.82, 2.24) is 9.78 Å². The van der Waals surface area contributed by atoms with Gasteiger partial charge in [-0.05, 0) is 24.6 Å². The smallest absolute Gasteiger partial charge is 0.359 e. The fourth-order valence-corrected chi connectivity index (χ4v) is 3.45. The van der Waals surface area contributed by atoms with Crippen LogP contribution in [0.4, 0.5) is 0 Å². The van der Waals surface area contributed by atoms with Crippen LogP contribution in [-0.4, -0.2) is 28.1 Å². The number of hydrogen-bond acceptors (Lipinski definition) is 6. The Balaban J connectivity index is 1.89. The van der Waals surface area contributed by atoms with E-state index in [1.165, 1.54) is 4.68 Å². The Bertz CT molecular complexity index is 1040. The Kier molecular flexibility index (Phi) is 5.49. The summed E-state index contributed by atoms with van der Waals surface area (Å²) in [4.78, 5) is 37.4. The third kappa shape index (κ3) is 3.68. The minimum atomic E-state index is -0.748. The molecule has 0 amide bonds. The molecule has 3 aromatic rings. The van der Waals surface area contributed by atoms with Gasteiger partial charge in [-0.2, -0.15) is 5.10 Å². The molecule has 134 valence electrons. The van der Waals surface area contributed by atoms with E-state index in [1.807, 2.05) is 6.92 Å². The summed E-state index contributed by atoms with van der Waals surface area (Å²) in [6, 6.07) is 9.90. The van der Waals surface area contributed by atoms with Crippen LogP contribution in [-0.2, 0) is 11.3 Å². The van der Waals surface area contributed by atoms with Crippen LogP contribution in [0.2, 0.25) is 4.34 Å². The molecule has 0 aliphatic rings. The molecule has 2 aromatic heterocycles. The SMILES string of the molecule is CCCn1nc(C(=O)OCC(=O)c2ccc(Cl)s2)c2ccccc2c1=O. The number of hydrogen-bond donors (Lipinski definition) is 0. The first-order valence-electron chi connectivity index (χ1n) is 7.96. The molecule has 8 heteroatoms. The number of nitrogens with zero attached hydrogens (tertiary/aromatic N) is 2. The molecule has 2 heterocycles. The van der Waals surface area contributed by atoms with Crippen molar-refractivity contribution in [2.24, 2.45) is 0 Å². The maximum absolute atomic E-state index is 12.5. The van der Waals surface area contributed by atoms with Crippen LogP contribution in [0.25, 0.3) is 10.8 Å². The van der Waals surface area contributed by atoms with Gasteiger partial charge in [-0.3, -0.25) is 9.59 Å². The molecule has 0 aliphatic carbocycles. The molecule has 0 unspecified atom stereocenters. The van der Waals surface area contributed by atoms with Gasteiger partial charge in [0.05, 0.1) is 14.6 Å². The molecule has 0 bridgehead atoms. The normalized spacial score (nSPS) is 10.8. The van der Waals surface area contributed by atoms with Crippen LogP contribution in [0.5, 0.6) is 0 Å². The number of carbonyl (C=O) groups excluding carboxylic acids is 2. The van der Waals surface area contributed by atoms with Gasteiger partial charge in [-0.1, -0.05) is 36.7 Å². The maximum atomic E-state index is 12.5. The van der Waals surface area contributed by atoms with E-state index in [1.54, 1.807) is 36.4 Å². The number of carbonyl (C=O) groups is 2. The van der Waals surface area contributed by atoms with Crippen molar-refractivity contribution in [2.75, 3.05) is 6.61 Å². The Labute approximate surface area is 158 Å². The maximum Gasteiger partial charge on any atom is 0.359 e. The van der Waals surface area contributed by atoms with Crippen molar-refractivity contribution in [3.63, 3.8) is 0 Å². The first kappa shape index (κ1) is 18.3. The molecule has 0 saturated heterocycles. The van der Waals surface area contributed by atoms with E-state index in [-0.39, 0.29) is 17.0 Å². The molecule has 6 nitrogen and oxygen atoms in total. The highest BCUT2D eigenvalue weighted by Gasteiger charge is 2.19. The van der Waals surface area contributed by atoms with Crippen LogP contribution >= 0.6 is 22.9 Å². The predicted octanol–water partition coefficient (Wildman–Crippen LogP) is 3.56. The summed E-state index contributed by atoms with van der Waals surface area (Å²) in [7, 11) is 0. The molecule has 1 aromatic carbocycles. The summed E-state index contributed by atoms with van der Waals surface area (Å²) in [5.74, 6) is -1.09. The third-order valence-electron chi connectivity index (χ3n) is 3.68. The molecular formula is C18H15ClN2O4S. The van der Waals surface area contributed by atoms with Crippen molar-refractivity contribution >= 4 is 45.5 Å². The van der Waals surface area contributed by atoms with Gasteiger partial charge in [0.2, 0.25) is 5.78 Å². The molecule has 0 atom stereocenters. The zero-order valence-corrected chi connectivity index (χ0v) is 15.5. The average molecular weight is 391 g/mol. The zero-order chi connectivity index (χ0) is 18.7. The number of benzene rings is 1. The number of aromatic nitrogens is 2. The van der Waals surface area contributed by atoms with E-state index < -0.39 is 12.6 Å². The number of fused-ring (bicyclic) bond motifs is 1. The Morgan fingerprint density at radius 3 is 2.58 bits per heavy atom. The molecule has 0 aliphatic heterocycles. The second kappa shape index (κ2) is 7.80. The summed E-state index contributed by atoms with van der Waals surface area (Å²) < 4.78 is 6.87. The number of esters is 1. The lowest BCUT2D eigenvalue weighted by molar-refractivity contribution is 0.0469. The standard InChI is InChI=1S/C18H15ClN2O4S/c1-2-9-21-17(23)12-6-4-3-5-11(12)16(20-21)18(24)25-10-13(22)14-7-8-15(19)26-14/h3-8H,2,9-10H2,1H3. The van der Waals surface area contributed by atoms with Crippen LogP contribution in [0, 0.1) is 0 Å². The van der Waals surface area contributed by atoms with Gasteiger partial charge < -0.3 is 4.74 Å². The van der Waals surface area contributed by atoms with Crippen LogP contribution < -0.4 is 5.56 Å². The van der Waals surface area contributed by atoms with Gasteiger partial charge >= 0.3 is 5.97 Å². The average Bonchev–Trinajstić information content (AvgIpc) is 3.08. The van der Waals surface area contributed by atoms with Crippen LogP contribution in [0.15, 0.2) is 41.2 Å². The van der Waals surface area contributed by atoms with Crippen LogP contribution in [0.1, 0.15) is 33.5 Å². The van der Waals surface area contributed by atoms with E-state index in [2.05, 4.69) is 5.10 Å². The lowest BCUT2D eigenvalue weighted by Crippen LogP contribution is -2.27. The summed E-state index contributed by atoms with van der Waals surface area (Å²) in [6.45, 7) is 1.88. The molecule has 0 radical (unpaired) electrons. The highest BCUT2D eigenvalue weighted by Crippen LogP contribution is 2.22. The molecule has 0 N–H and O–H groups in total. The summed E-state index contributed by atoms with van der Waals surface area (Å²) in [5, 5.41) is 4.94. The largest absolute Gasteiger partial charge is 0.452 e. The van der Waals surface area contributed by atoms with Gasteiger partial charge in [0.1, 0.15) is 0 Å². The number of ether oxygens (including phenoxy) is 1. The van der Waals surface area contributed by atoms with Crippen molar-refractivity contribution in [3.8, 4) is 0 Å². The van der Waals surface area contributed by atoms with Crippen LogP contribution in [0.3, 0.4) is 0 Å². The molecule has 26 heavy (non-hydrogen) atoms. The zero-order valence-electron chi connectivity index (χ0n) is 13.9. The number of halogens is 1. The number of Topliss-reactive ketones (excluding diaryl/α,β-unsaturated/α-hetero) is 1. The van der Waals surface area contributed by atoms with Gasteiger partial charge in [0.15, 0.2) is 12.3 Å². The Hall–Kier alpha value is -2.51. The van der Waals surface area contributed by atoms with E-state index in [0.717, 1.165) is 11.3 Å². The summed E-state index contributed by atoms with van der Waals surface area (Å²) in [6.07, 6.45) is 0.692. The fraction of sp³-hybridized carbons (Fsp3) is 0.222.